The molecule has 0 unspecified atom stereocenters. The van der Waals surface area contributed by atoms with Crippen molar-refractivity contribution >= 4 is 40.4 Å². The highest BCUT2D eigenvalue weighted by molar-refractivity contribution is 6.07. The third kappa shape index (κ3) is 6.63. The molecule has 49 heavy (non-hydrogen) atoms. The predicted molar refractivity (Wildman–Crippen MR) is 161 cm³/mol. The van der Waals surface area contributed by atoms with Crippen molar-refractivity contribution in [1.82, 2.24) is 29.7 Å². The lowest BCUT2D eigenvalue weighted by Gasteiger charge is -2.13. The molecule has 0 saturated heterocycles. The number of carbonyl (C=O) groups excluding carboxylic acids is 2. The maximum Gasteiger partial charge on any atom is 0.343 e. The first kappa shape index (κ1) is 33.4. The molecule has 254 valence electrons. The van der Waals surface area contributed by atoms with Gasteiger partial charge in [-0.05, 0) is 13.3 Å². The second-order valence-corrected chi connectivity index (χ2v) is 10.6. The third-order valence-electron chi connectivity index (χ3n) is 7.17. The summed E-state index contributed by atoms with van der Waals surface area (Å²) in [4.78, 5) is 89.4. The van der Waals surface area contributed by atoms with Crippen molar-refractivity contribution in [3.8, 4) is 28.4 Å². The van der Waals surface area contributed by atoms with E-state index >= 15 is 0 Å². The molecule has 5 rings (SSSR count). The second-order valence-electron chi connectivity index (χ2n) is 10.6. The van der Waals surface area contributed by atoms with Gasteiger partial charge in [-0.3, -0.25) is 28.4 Å². The van der Waals surface area contributed by atoms with E-state index in [1.165, 1.54) is 6.92 Å². The minimum Gasteiger partial charge on any atom is -0.504 e. The number of aromatic amines is 1. The Labute approximate surface area is 270 Å². The largest absolute Gasteiger partial charge is 0.504 e. The van der Waals surface area contributed by atoms with Gasteiger partial charge in [0.15, 0.2) is 17.2 Å². The van der Waals surface area contributed by atoms with Crippen LogP contribution in [0.5, 0.6) is 17.2 Å². The summed E-state index contributed by atoms with van der Waals surface area (Å²) in [6.45, 7) is 0.245. The zero-order chi connectivity index (χ0) is 35.7. The standard InChI is InChI=1S/C29H24N6O14/c1-11-22(27(44)35-7-17(38)15(36)5-19(35)30-11)13-10-48-18-4-16(37)26(43)24(23(18)25(13)42)29(47)49-9-12-6-34(33-32-12)8-20(39)31-14(28(45)46)2-3-21(40)41/h4-7,10,14,30,37-38,43H,2-3,8-9H2,1H3,(H,31,39)(H,40,41)(H,45,46)/t14-/m0/s1. The van der Waals surface area contributed by atoms with Gasteiger partial charge in [0.05, 0.1) is 28.9 Å². The SMILES string of the molecule is Cc1[nH]c2cc(=O)c(O)cn2c(=O)c1-c1coc2cc(O)c(O)c(C(=O)OCc3cn(CC(=O)N[C@@H](CCC(=O)O)C(=O)O)nn3)c2c1=O. The number of fused-ring (bicyclic) bond motifs is 2. The number of rotatable bonds is 11. The number of carboxylic acids is 2. The Balaban J connectivity index is 1.42. The Bertz CT molecular complexity index is 2370. The van der Waals surface area contributed by atoms with Crippen molar-refractivity contribution in [3.05, 3.63) is 78.5 Å². The lowest BCUT2D eigenvalue weighted by Crippen LogP contribution is -2.42. The number of pyridine rings is 1. The quantitative estimate of drug-likeness (QED) is 0.0687. The normalized spacial score (nSPS) is 11.8. The monoisotopic (exact) mass is 680 g/mol. The first-order valence-electron chi connectivity index (χ1n) is 13.9. The molecule has 0 aliphatic carbocycles. The topological polar surface area (TPSA) is 306 Å². The first-order valence-corrected chi connectivity index (χ1v) is 13.9. The number of ether oxygens (including phenoxy) is 1. The number of carboxylic acid groups (broad SMARTS) is 2. The molecular formula is C29H24N6O14. The summed E-state index contributed by atoms with van der Waals surface area (Å²) in [5.74, 6) is -7.51. The van der Waals surface area contributed by atoms with E-state index in [9.17, 15) is 54.0 Å². The minimum absolute atomic E-state index is 0.00353. The van der Waals surface area contributed by atoms with Crippen molar-refractivity contribution in [2.75, 3.05) is 0 Å². The van der Waals surface area contributed by atoms with Crippen LogP contribution in [-0.2, 0) is 32.3 Å². The van der Waals surface area contributed by atoms with Crippen LogP contribution in [0.25, 0.3) is 27.7 Å². The summed E-state index contributed by atoms with van der Waals surface area (Å²) in [7, 11) is 0. The Hall–Kier alpha value is -6.99. The number of hydrogen-bond acceptors (Lipinski definition) is 14. The zero-order valence-electron chi connectivity index (χ0n) is 25.0. The number of esters is 1. The molecule has 1 aromatic carbocycles. The van der Waals surface area contributed by atoms with Crippen molar-refractivity contribution in [2.24, 2.45) is 0 Å². The number of amides is 1. The Kier molecular flexibility index (Phi) is 8.87. The molecule has 20 heteroatoms. The minimum atomic E-state index is -1.47. The molecule has 4 heterocycles. The molecular weight excluding hydrogens is 656 g/mol. The molecule has 0 saturated carbocycles. The fourth-order valence-electron chi connectivity index (χ4n) is 4.88. The van der Waals surface area contributed by atoms with Gasteiger partial charge < -0.3 is 45.0 Å². The number of nitrogens with zero attached hydrogens (tertiary/aromatic N) is 4. The third-order valence-corrected chi connectivity index (χ3v) is 7.17. The summed E-state index contributed by atoms with van der Waals surface area (Å²) >= 11 is 0. The van der Waals surface area contributed by atoms with Crippen LogP contribution in [-0.4, -0.2) is 79.8 Å². The lowest BCUT2D eigenvalue weighted by molar-refractivity contribution is -0.143. The molecule has 0 radical (unpaired) electrons. The molecule has 20 nitrogen and oxygen atoms in total. The average molecular weight is 681 g/mol. The van der Waals surface area contributed by atoms with Crippen molar-refractivity contribution in [1.29, 1.82) is 0 Å². The van der Waals surface area contributed by atoms with Crippen molar-refractivity contribution in [3.63, 3.8) is 0 Å². The number of phenolic OH excluding ortho intramolecular Hbond substituents is 2. The molecule has 0 aliphatic rings. The van der Waals surface area contributed by atoms with Crippen LogP contribution in [0, 0.1) is 6.92 Å². The maximum absolute atomic E-state index is 13.8. The fourth-order valence-corrected chi connectivity index (χ4v) is 4.88. The number of hydrogen-bond donors (Lipinski definition) is 7. The van der Waals surface area contributed by atoms with Crippen LogP contribution in [0.2, 0.25) is 0 Å². The number of phenols is 2. The van der Waals surface area contributed by atoms with Gasteiger partial charge in [0.1, 0.15) is 47.9 Å². The van der Waals surface area contributed by atoms with Crippen LogP contribution < -0.4 is 21.7 Å². The summed E-state index contributed by atoms with van der Waals surface area (Å²) in [6, 6.07) is 0.358. The average Bonchev–Trinajstić information content (AvgIpc) is 3.47. The molecule has 0 bridgehead atoms. The number of H-pyrrole nitrogens is 1. The molecule has 1 amide bonds. The molecule has 0 aliphatic heterocycles. The van der Waals surface area contributed by atoms with Crippen molar-refractivity contribution < 1.29 is 53.9 Å². The van der Waals surface area contributed by atoms with Crippen LogP contribution in [0.15, 0.2) is 49.6 Å². The van der Waals surface area contributed by atoms with Gasteiger partial charge in [0, 0.05) is 24.2 Å². The van der Waals surface area contributed by atoms with Crippen LogP contribution in [0.3, 0.4) is 0 Å². The van der Waals surface area contributed by atoms with E-state index < -0.39 is 94.0 Å². The number of aliphatic carboxylic acids is 2. The van der Waals surface area contributed by atoms with Gasteiger partial charge in [-0.1, -0.05) is 5.21 Å². The van der Waals surface area contributed by atoms with Gasteiger partial charge in [-0.15, -0.1) is 5.10 Å². The van der Waals surface area contributed by atoms with E-state index in [1.54, 1.807) is 0 Å². The highest BCUT2D eigenvalue weighted by atomic mass is 16.5. The van der Waals surface area contributed by atoms with Gasteiger partial charge in [-0.2, -0.15) is 0 Å². The summed E-state index contributed by atoms with van der Waals surface area (Å²) in [5.41, 5.74) is -4.40. The smallest absolute Gasteiger partial charge is 0.343 e. The molecule has 1 atom stereocenters. The number of benzene rings is 1. The van der Waals surface area contributed by atoms with Crippen molar-refractivity contribution in [2.45, 2.75) is 39.0 Å². The number of aromatic hydroxyl groups is 3. The van der Waals surface area contributed by atoms with Crippen LogP contribution >= 0.6 is 0 Å². The highest BCUT2D eigenvalue weighted by Crippen LogP contribution is 2.36. The van der Waals surface area contributed by atoms with E-state index in [1.807, 2.05) is 0 Å². The number of aryl methyl sites for hydroxylation is 1. The Morgan fingerprint density at radius 2 is 1.80 bits per heavy atom. The summed E-state index contributed by atoms with van der Waals surface area (Å²) in [5, 5.41) is 57.7. The van der Waals surface area contributed by atoms with Gasteiger partial charge in [0.25, 0.3) is 5.56 Å². The molecule has 0 spiro atoms. The second kappa shape index (κ2) is 13.0. The summed E-state index contributed by atoms with van der Waals surface area (Å²) in [6.07, 6.45) is 2.04. The Morgan fingerprint density at radius 1 is 1.06 bits per heavy atom. The van der Waals surface area contributed by atoms with E-state index in [0.717, 1.165) is 39.9 Å². The number of aromatic nitrogens is 5. The van der Waals surface area contributed by atoms with E-state index in [2.05, 4.69) is 20.6 Å². The van der Waals surface area contributed by atoms with E-state index in [-0.39, 0.29) is 40.2 Å². The molecule has 7 N–H and O–H groups in total. The zero-order valence-corrected chi connectivity index (χ0v) is 25.0. The van der Waals surface area contributed by atoms with Crippen LogP contribution in [0.1, 0.15) is 34.6 Å². The highest BCUT2D eigenvalue weighted by Gasteiger charge is 2.27. The fraction of sp³-hybridized carbons (Fsp3) is 0.207. The van der Waals surface area contributed by atoms with Gasteiger partial charge in [0.2, 0.25) is 16.8 Å². The van der Waals surface area contributed by atoms with Crippen LogP contribution in [0.4, 0.5) is 0 Å². The van der Waals surface area contributed by atoms with E-state index in [4.69, 9.17) is 14.3 Å². The molecule has 5 aromatic rings. The van der Waals surface area contributed by atoms with Gasteiger partial charge >= 0.3 is 17.9 Å². The molecule has 0 fully saturated rings. The molecule has 4 aromatic heterocycles. The van der Waals surface area contributed by atoms with Gasteiger partial charge in [-0.25, -0.2) is 14.3 Å². The lowest BCUT2D eigenvalue weighted by atomic mass is 10.0. The van der Waals surface area contributed by atoms with E-state index in [0.29, 0.717) is 0 Å². The number of nitrogens with one attached hydrogen (secondary N) is 2. The Morgan fingerprint density at radius 3 is 2.49 bits per heavy atom. The predicted octanol–water partition coefficient (Wildman–Crippen LogP) is -0.431. The first-order chi connectivity index (χ1) is 23.2. The maximum atomic E-state index is 13.8. The summed E-state index contributed by atoms with van der Waals surface area (Å²) < 4.78 is 12.5. The number of carbonyl (C=O) groups is 4.